The lowest BCUT2D eigenvalue weighted by Crippen LogP contribution is -2.14. The van der Waals surface area contributed by atoms with Gasteiger partial charge < -0.3 is 0 Å². The Morgan fingerprint density at radius 1 is 1.22 bits per heavy atom. The van der Waals surface area contributed by atoms with E-state index in [4.69, 9.17) is 0 Å². The van der Waals surface area contributed by atoms with Crippen LogP contribution in [0.2, 0.25) is 0 Å². The van der Waals surface area contributed by atoms with Gasteiger partial charge in [0.1, 0.15) is 17.5 Å². The van der Waals surface area contributed by atoms with Crippen molar-refractivity contribution in [2.24, 2.45) is 0 Å². The molecule has 0 heterocycles. The van der Waals surface area contributed by atoms with Crippen LogP contribution in [0.5, 0.6) is 0 Å². The molecule has 2 heteroatoms. The summed E-state index contributed by atoms with van der Waals surface area (Å²) in [6, 6.07) is 0. The molecule has 1 radical (unpaired) electrons. The molecule has 0 fully saturated rings. The van der Waals surface area contributed by atoms with Gasteiger partial charge in [-0.3, -0.25) is 9.59 Å². The van der Waals surface area contributed by atoms with Gasteiger partial charge in [0.05, 0.1) is 0 Å². The van der Waals surface area contributed by atoms with Crippen LogP contribution < -0.4 is 0 Å². The topological polar surface area (TPSA) is 34.1 Å². The molecule has 0 amide bonds. The SMILES string of the molecule is CCC(=O)[C](C)C(C)=O. The summed E-state index contributed by atoms with van der Waals surface area (Å²) in [5.41, 5.74) is 0. The minimum absolute atomic E-state index is 0.0532. The summed E-state index contributed by atoms with van der Waals surface area (Å²) < 4.78 is 0. The molecule has 0 N–H and O–H groups in total. The fraction of sp³-hybridized carbons (Fsp3) is 0.571. The van der Waals surface area contributed by atoms with Crippen LogP contribution in [0.15, 0.2) is 0 Å². The smallest absolute Gasteiger partial charge is 0.147 e. The van der Waals surface area contributed by atoms with Crippen LogP contribution in [0.25, 0.3) is 0 Å². The van der Waals surface area contributed by atoms with Crippen LogP contribution in [0.1, 0.15) is 27.2 Å². The fourth-order valence-corrected chi connectivity index (χ4v) is 0.462. The van der Waals surface area contributed by atoms with Gasteiger partial charge in [0.15, 0.2) is 0 Å². The Labute approximate surface area is 55.3 Å². The Balaban J connectivity index is 3.88. The van der Waals surface area contributed by atoms with Crippen molar-refractivity contribution in [3.05, 3.63) is 5.92 Å². The van der Waals surface area contributed by atoms with Crippen LogP contribution in [0.4, 0.5) is 0 Å². The summed E-state index contributed by atoms with van der Waals surface area (Å²) in [6.07, 6.45) is 0.422. The Bertz CT molecular complexity index is 127. The van der Waals surface area contributed by atoms with E-state index in [1.54, 1.807) is 13.8 Å². The Morgan fingerprint density at radius 2 is 1.67 bits per heavy atom. The first-order valence-corrected chi connectivity index (χ1v) is 2.97. The molecule has 51 valence electrons. The van der Waals surface area contributed by atoms with Crippen molar-refractivity contribution >= 4 is 11.6 Å². The first-order chi connectivity index (χ1) is 4.09. The average Bonchev–Trinajstić information content (AvgIpc) is 1.84. The zero-order valence-corrected chi connectivity index (χ0v) is 6.02. The Morgan fingerprint density at radius 3 is 1.78 bits per heavy atom. The molecule has 0 atom stereocenters. The zero-order chi connectivity index (χ0) is 7.44. The third-order valence-electron chi connectivity index (χ3n) is 1.27. The molecule has 0 bridgehead atoms. The Hall–Kier alpha value is -0.660. The van der Waals surface area contributed by atoms with Gasteiger partial charge in [0, 0.05) is 6.42 Å². The highest BCUT2D eigenvalue weighted by molar-refractivity contribution is 6.14. The fourth-order valence-electron chi connectivity index (χ4n) is 0.462. The van der Waals surface area contributed by atoms with E-state index in [-0.39, 0.29) is 11.6 Å². The van der Waals surface area contributed by atoms with Gasteiger partial charge in [-0.15, -0.1) is 0 Å². The van der Waals surface area contributed by atoms with Crippen molar-refractivity contribution < 1.29 is 9.59 Å². The van der Waals surface area contributed by atoms with E-state index in [0.717, 1.165) is 0 Å². The number of hydrogen-bond acceptors (Lipinski definition) is 2. The molecule has 0 aromatic heterocycles. The summed E-state index contributed by atoms with van der Waals surface area (Å²) in [5, 5.41) is 0. The number of Topliss-reactive ketones (excluding diaryl/α,β-unsaturated/α-hetero) is 2. The highest BCUT2D eigenvalue weighted by atomic mass is 16.1. The molecule has 0 spiro atoms. The van der Waals surface area contributed by atoms with Crippen LogP contribution >= 0.6 is 0 Å². The molecule has 0 aliphatic heterocycles. The third kappa shape index (κ3) is 2.40. The maximum Gasteiger partial charge on any atom is 0.147 e. The molecule has 0 aliphatic carbocycles. The minimum Gasteiger partial charge on any atom is -0.299 e. The van der Waals surface area contributed by atoms with Crippen LogP contribution in [0, 0.1) is 5.92 Å². The van der Waals surface area contributed by atoms with E-state index in [1.807, 2.05) is 0 Å². The lowest BCUT2D eigenvalue weighted by molar-refractivity contribution is -0.123. The predicted molar refractivity (Wildman–Crippen MR) is 34.9 cm³/mol. The van der Waals surface area contributed by atoms with Crippen molar-refractivity contribution in [2.75, 3.05) is 0 Å². The monoisotopic (exact) mass is 127 g/mol. The Kier molecular flexibility index (Phi) is 3.13. The number of carbonyl (C=O) groups excluding carboxylic acids is 2. The zero-order valence-electron chi connectivity index (χ0n) is 6.02. The van der Waals surface area contributed by atoms with Gasteiger partial charge in [0.25, 0.3) is 0 Å². The summed E-state index contributed by atoms with van der Waals surface area (Å²) in [4.78, 5) is 21.2. The van der Waals surface area contributed by atoms with Gasteiger partial charge >= 0.3 is 0 Å². The number of carbonyl (C=O) groups is 2. The summed E-state index contributed by atoms with van der Waals surface area (Å²) >= 11 is 0. The number of ketones is 2. The molecule has 0 unspecified atom stereocenters. The highest BCUT2D eigenvalue weighted by Gasteiger charge is 2.15. The van der Waals surface area contributed by atoms with E-state index in [9.17, 15) is 9.59 Å². The second kappa shape index (κ2) is 3.38. The number of rotatable bonds is 3. The molecule has 0 aromatic carbocycles. The van der Waals surface area contributed by atoms with Gasteiger partial charge in [-0.2, -0.15) is 0 Å². The van der Waals surface area contributed by atoms with Gasteiger partial charge in [-0.05, 0) is 13.8 Å². The predicted octanol–water partition coefficient (Wildman–Crippen LogP) is 1.15. The molecule has 0 aromatic rings. The first kappa shape index (κ1) is 8.34. The second-order valence-electron chi connectivity index (χ2n) is 1.96. The quantitative estimate of drug-likeness (QED) is 0.533. The normalized spacial score (nSPS) is 9.78. The van der Waals surface area contributed by atoms with E-state index < -0.39 is 0 Å². The summed E-state index contributed by atoms with van der Waals surface area (Å²) in [5.74, 6) is 0.182. The lowest BCUT2D eigenvalue weighted by atomic mass is 10.0. The number of hydrogen-bond donors (Lipinski definition) is 0. The summed E-state index contributed by atoms with van der Waals surface area (Å²) in [6.45, 7) is 4.71. The maximum atomic E-state index is 10.7. The van der Waals surface area contributed by atoms with Crippen LogP contribution in [-0.2, 0) is 9.59 Å². The van der Waals surface area contributed by atoms with E-state index >= 15 is 0 Å². The average molecular weight is 127 g/mol. The molecule has 0 rings (SSSR count). The third-order valence-corrected chi connectivity index (χ3v) is 1.27. The molecule has 0 saturated carbocycles. The van der Waals surface area contributed by atoms with E-state index in [2.05, 4.69) is 0 Å². The van der Waals surface area contributed by atoms with Crippen molar-refractivity contribution in [3.63, 3.8) is 0 Å². The lowest BCUT2D eigenvalue weighted by Gasteiger charge is -2.00. The van der Waals surface area contributed by atoms with Gasteiger partial charge in [0.2, 0.25) is 0 Å². The minimum atomic E-state index is -0.123. The summed E-state index contributed by atoms with van der Waals surface area (Å²) in [7, 11) is 0. The first-order valence-electron chi connectivity index (χ1n) is 2.97. The van der Waals surface area contributed by atoms with E-state index in [1.165, 1.54) is 6.92 Å². The van der Waals surface area contributed by atoms with Gasteiger partial charge in [-0.1, -0.05) is 6.92 Å². The largest absolute Gasteiger partial charge is 0.299 e. The molecule has 9 heavy (non-hydrogen) atoms. The molecule has 2 nitrogen and oxygen atoms in total. The maximum absolute atomic E-state index is 10.7. The molecule has 0 saturated heterocycles. The highest BCUT2D eigenvalue weighted by Crippen LogP contribution is 2.02. The van der Waals surface area contributed by atoms with E-state index in [0.29, 0.717) is 12.3 Å². The van der Waals surface area contributed by atoms with Crippen LogP contribution in [0.3, 0.4) is 0 Å². The molecular formula is C7H11O2. The van der Waals surface area contributed by atoms with Crippen molar-refractivity contribution in [3.8, 4) is 0 Å². The van der Waals surface area contributed by atoms with Crippen molar-refractivity contribution in [2.45, 2.75) is 27.2 Å². The van der Waals surface area contributed by atoms with Crippen molar-refractivity contribution in [1.29, 1.82) is 0 Å². The molecular weight excluding hydrogens is 116 g/mol. The van der Waals surface area contributed by atoms with Gasteiger partial charge in [-0.25, -0.2) is 0 Å². The van der Waals surface area contributed by atoms with Crippen molar-refractivity contribution in [1.82, 2.24) is 0 Å². The standard InChI is InChI=1S/C7H11O2/c1-4-7(9)5(2)6(3)8/h4H2,1-3H3. The second-order valence-corrected chi connectivity index (χ2v) is 1.96. The molecule has 0 aliphatic rings. The van der Waals surface area contributed by atoms with Crippen LogP contribution in [-0.4, -0.2) is 11.6 Å².